The molecule has 1 saturated heterocycles. The molecule has 0 N–H and O–H groups in total. The number of nitrogens with zero attached hydrogens (tertiary/aromatic N) is 4. The van der Waals surface area contributed by atoms with Gasteiger partial charge in [-0.3, -0.25) is 10.1 Å². The Morgan fingerprint density at radius 2 is 1.77 bits per heavy atom. The van der Waals surface area contributed by atoms with Crippen LogP contribution in [0.5, 0.6) is 0 Å². The van der Waals surface area contributed by atoms with Gasteiger partial charge in [-0.2, -0.15) is 4.31 Å². The van der Waals surface area contributed by atoms with Crippen LogP contribution >= 0.6 is 11.8 Å². The fraction of sp³-hybridized carbons (Fsp3) is 0.300. The topological polar surface area (TPSA) is 119 Å². The number of hydrogen-bond donors (Lipinski definition) is 0. The molecule has 0 saturated carbocycles. The minimum absolute atomic E-state index is 0.0867. The van der Waals surface area contributed by atoms with Gasteiger partial charge in [0.05, 0.1) is 14.7 Å². The Morgan fingerprint density at radius 1 is 1.06 bits per heavy atom. The van der Waals surface area contributed by atoms with E-state index < -0.39 is 14.9 Å². The van der Waals surface area contributed by atoms with Crippen molar-refractivity contribution in [1.82, 2.24) is 14.5 Å². The van der Waals surface area contributed by atoms with E-state index in [9.17, 15) is 18.5 Å². The number of benzene rings is 2. The molecule has 3 aromatic rings. The first-order chi connectivity index (χ1) is 14.8. The van der Waals surface area contributed by atoms with Gasteiger partial charge in [0, 0.05) is 24.7 Å². The minimum Gasteiger partial charge on any atom is -0.411 e. The van der Waals surface area contributed by atoms with Crippen molar-refractivity contribution in [2.24, 2.45) is 0 Å². The lowest BCUT2D eigenvalue weighted by Gasteiger charge is -2.25. The lowest BCUT2D eigenvalue weighted by Crippen LogP contribution is -2.35. The molecule has 1 aromatic heterocycles. The van der Waals surface area contributed by atoms with E-state index in [1.165, 1.54) is 16.4 Å². The standard InChI is InChI=1S/C20H20N4O5S2/c1-14-5-7-15(8-6-14)19-21-22-20(29-19)30-18-10-9-16(13-17(18)24(25)26)31(27,28)23-11-3-2-4-12-23/h5-10,13H,2-4,11-12H2,1H3. The van der Waals surface area contributed by atoms with Crippen LogP contribution in [-0.2, 0) is 10.0 Å². The molecular formula is C20H20N4O5S2. The van der Waals surface area contributed by atoms with Gasteiger partial charge in [-0.05, 0) is 55.8 Å². The Balaban J connectivity index is 1.60. The highest BCUT2D eigenvalue weighted by Crippen LogP contribution is 2.37. The number of sulfonamides is 1. The fourth-order valence-electron chi connectivity index (χ4n) is 3.30. The average molecular weight is 461 g/mol. The predicted molar refractivity (Wildman–Crippen MR) is 114 cm³/mol. The second kappa shape index (κ2) is 8.77. The molecule has 11 heteroatoms. The highest BCUT2D eigenvalue weighted by molar-refractivity contribution is 7.99. The second-order valence-corrected chi connectivity index (χ2v) is 10.1. The highest BCUT2D eigenvalue weighted by Gasteiger charge is 2.29. The number of piperidine rings is 1. The van der Waals surface area contributed by atoms with E-state index in [1.54, 1.807) is 0 Å². The Kier molecular flexibility index (Phi) is 6.08. The SMILES string of the molecule is Cc1ccc(-c2nnc(Sc3ccc(S(=O)(=O)N4CCCCC4)cc3[N+](=O)[O-])o2)cc1. The average Bonchev–Trinajstić information content (AvgIpc) is 3.23. The summed E-state index contributed by atoms with van der Waals surface area (Å²) in [5, 5.41) is 19.7. The van der Waals surface area contributed by atoms with E-state index in [-0.39, 0.29) is 20.7 Å². The Labute approximate surface area is 183 Å². The van der Waals surface area contributed by atoms with Crippen LogP contribution in [0.15, 0.2) is 61.9 Å². The van der Waals surface area contributed by atoms with Crippen LogP contribution < -0.4 is 0 Å². The molecule has 0 bridgehead atoms. The van der Waals surface area contributed by atoms with Gasteiger partial charge in [0.25, 0.3) is 10.9 Å². The third kappa shape index (κ3) is 4.63. The normalized spacial score (nSPS) is 15.1. The van der Waals surface area contributed by atoms with E-state index in [4.69, 9.17) is 4.42 Å². The predicted octanol–water partition coefficient (Wildman–Crippen LogP) is 4.28. The van der Waals surface area contributed by atoms with E-state index in [1.807, 2.05) is 31.2 Å². The molecular weight excluding hydrogens is 440 g/mol. The Morgan fingerprint density at radius 3 is 2.45 bits per heavy atom. The van der Waals surface area contributed by atoms with Crippen molar-refractivity contribution in [3.63, 3.8) is 0 Å². The summed E-state index contributed by atoms with van der Waals surface area (Å²) >= 11 is 0.926. The maximum Gasteiger partial charge on any atom is 0.284 e. The molecule has 0 unspecified atom stereocenters. The lowest BCUT2D eigenvalue weighted by atomic mass is 10.1. The van der Waals surface area contributed by atoms with Gasteiger partial charge >= 0.3 is 0 Å². The molecule has 0 aliphatic carbocycles. The first-order valence-corrected chi connectivity index (χ1v) is 12.0. The lowest BCUT2D eigenvalue weighted by molar-refractivity contribution is -0.388. The molecule has 0 atom stereocenters. The van der Waals surface area contributed by atoms with Crippen molar-refractivity contribution in [1.29, 1.82) is 0 Å². The van der Waals surface area contributed by atoms with Crippen molar-refractivity contribution in [2.75, 3.05) is 13.1 Å². The number of nitro benzene ring substituents is 1. The molecule has 2 heterocycles. The van der Waals surface area contributed by atoms with Gasteiger partial charge in [-0.25, -0.2) is 8.42 Å². The van der Waals surface area contributed by atoms with Gasteiger partial charge in [0.2, 0.25) is 15.9 Å². The molecule has 0 amide bonds. The molecule has 9 nitrogen and oxygen atoms in total. The maximum absolute atomic E-state index is 12.9. The molecule has 4 rings (SSSR count). The number of aryl methyl sites for hydroxylation is 1. The van der Waals surface area contributed by atoms with Crippen molar-refractivity contribution in [3.05, 3.63) is 58.1 Å². The molecule has 1 aliphatic heterocycles. The number of hydrogen-bond acceptors (Lipinski definition) is 8. The maximum atomic E-state index is 12.9. The van der Waals surface area contributed by atoms with Crippen LogP contribution in [0.3, 0.4) is 0 Å². The van der Waals surface area contributed by atoms with Gasteiger partial charge in [-0.1, -0.05) is 24.1 Å². The van der Waals surface area contributed by atoms with Gasteiger partial charge < -0.3 is 4.42 Å². The van der Waals surface area contributed by atoms with Crippen molar-refractivity contribution < 1.29 is 17.8 Å². The molecule has 0 spiro atoms. The minimum atomic E-state index is -3.77. The van der Waals surface area contributed by atoms with Crippen LogP contribution in [-0.4, -0.2) is 40.9 Å². The summed E-state index contributed by atoms with van der Waals surface area (Å²) in [6.45, 7) is 2.82. The summed E-state index contributed by atoms with van der Waals surface area (Å²) in [5.41, 5.74) is 1.51. The second-order valence-electron chi connectivity index (χ2n) is 7.19. The van der Waals surface area contributed by atoms with Gasteiger partial charge in [0.15, 0.2) is 0 Å². The van der Waals surface area contributed by atoms with Crippen LogP contribution in [0.4, 0.5) is 5.69 Å². The van der Waals surface area contributed by atoms with E-state index in [0.717, 1.165) is 48.2 Å². The van der Waals surface area contributed by atoms with Crippen molar-refractivity contribution in [2.45, 2.75) is 41.2 Å². The summed E-state index contributed by atoms with van der Waals surface area (Å²) in [7, 11) is -3.77. The van der Waals surface area contributed by atoms with Crippen LogP contribution in [0.25, 0.3) is 11.5 Å². The molecule has 2 aromatic carbocycles. The fourth-order valence-corrected chi connectivity index (χ4v) is 5.60. The monoisotopic (exact) mass is 460 g/mol. The largest absolute Gasteiger partial charge is 0.411 e. The van der Waals surface area contributed by atoms with Crippen molar-refractivity contribution >= 4 is 27.5 Å². The van der Waals surface area contributed by atoms with E-state index in [0.29, 0.717) is 19.0 Å². The molecule has 1 aliphatic rings. The zero-order valence-electron chi connectivity index (χ0n) is 16.7. The Hall–Kier alpha value is -2.76. The van der Waals surface area contributed by atoms with Crippen LogP contribution in [0.2, 0.25) is 0 Å². The number of nitro groups is 1. The van der Waals surface area contributed by atoms with Crippen LogP contribution in [0, 0.1) is 17.0 Å². The summed E-state index contributed by atoms with van der Waals surface area (Å²) in [6, 6.07) is 11.4. The summed E-state index contributed by atoms with van der Waals surface area (Å²) in [4.78, 5) is 11.2. The summed E-state index contributed by atoms with van der Waals surface area (Å²) in [5.74, 6) is 0.300. The van der Waals surface area contributed by atoms with Crippen LogP contribution in [0.1, 0.15) is 24.8 Å². The van der Waals surface area contributed by atoms with Gasteiger partial charge in [0.1, 0.15) is 0 Å². The molecule has 31 heavy (non-hydrogen) atoms. The molecule has 162 valence electrons. The number of rotatable bonds is 6. The third-order valence-electron chi connectivity index (χ3n) is 4.98. The first kappa shape index (κ1) is 21.5. The summed E-state index contributed by atoms with van der Waals surface area (Å²) < 4.78 is 32.8. The van der Waals surface area contributed by atoms with Gasteiger partial charge in [-0.15, -0.1) is 10.2 Å². The van der Waals surface area contributed by atoms with E-state index in [2.05, 4.69) is 10.2 Å². The quantitative estimate of drug-likeness (QED) is 0.395. The van der Waals surface area contributed by atoms with E-state index >= 15 is 0 Å². The summed E-state index contributed by atoms with van der Waals surface area (Å²) in [6.07, 6.45) is 2.56. The molecule has 1 fully saturated rings. The zero-order valence-corrected chi connectivity index (χ0v) is 18.4. The first-order valence-electron chi connectivity index (χ1n) is 9.71. The third-order valence-corrected chi connectivity index (χ3v) is 7.78. The number of aromatic nitrogens is 2. The molecule has 0 radical (unpaired) electrons. The highest BCUT2D eigenvalue weighted by atomic mass is 32.2. The zero-order chi connectivity index (χ0) is 22.0. The smallest absolute Gasteiger partial charge is 0.284 e. The Bertz CT molecular complexity index is 1200. The van der Waals surface area contributed by atoms with Crippen molar-refractivity contribution in [3.8, 4) is 11.5 Å².